The maximum atomic E-state index is 12.4. The van der Waals surface area contributed by atoms with E-state index in [-0.39, 0.29) is 29.0 Å². The summed E-state index contributed by atoms with van der Waals surface area (Å²) >= 11 is 0. The van der Waals surface area contributed by atoms with Gasteiger partial charge in [-0.25, -0.2) is 12.7 Å². The van der Waals surface area contributed by atoms with Crippen LogP contribution in [0.5, 0.6) is 5.75 Å². The number of anilines is 1. The van der Waals surface area contributed by atoms with Crippen molar-refractivity contribution in [3.63, 3.8) is 0 Å². The molecule has 0 spiro atoms. The van der Waals surface area contributed by atoms with E-state index in [9.17, 15) is 18.0 Å². The summed E-state index contributed by atoms with van der Waals surface area (Å²) in [6, 6.07) is 4.40. The predicted molar refractivity (Wildman–Crippen MR) is 92.8 cm³/mol. The molecule has 0 saturated heterocycles. The van der Waals surface area contributed by atoms with Crippen LogP contribution in [0.2, 0.25) is 0 Å². The zero-order chi connectivity index (χ0) is 18.6. The van der Waals surface area contributed by atoms with Gasteiger partial charge in [-0.2, -0.15) is 0 Å². The highest BCUT2D eigenvalue weighted by Crippen LogP contribution is 2.29. The molecule has 138 valence electrons. The second kappa shape index (κ2) is 7.83. The highest BCUT2D eigenvalue weighted by Gasteiger charge is 2.29. The lowest BCUT2D eigenvalue weighted by Crippen LogP contribution is -2.33. The first kappa shape index (κ1) is 19.2. The van der Waals surface area contributed by atoms with Crippen LogP contribution in [0.3, 0.4) is 0 Å². The minimum Gasteiger partial charge on any atom is -0.492 e. The van der Waals surface area contributed by atoms with Crippen molar-refractivity contribution in [3.05, 3.63) is 18.2 Å². The lowest BCUT2D eigenvalue weighted by molar-refractivity contribution is -0.125. The molecule has 0 atom stereocenters. The quantitative estimate of drug-likeness (QED) is 0.705. The first-order valence-corrected chi connectivity index (χ1v) is 9.46. The van der Waals surface area contributed by atoms with Crippen molar-refractivity contribution in [2.75, 3.05) is 32.6 Å². The molecule has 0 heterocycles. The largest absolute Gasteiger partial charge is 0.492 e. The van der Waals surface area contributed by atoms with E-state index in [0.717, 1.165) is 17.1 Å². The third kappa shape index (κ3) is 4.93. The van der Waals surface area contributed by atoms with Gasteiger partial charge in [0.15, 0.2) is 0 Å². The Balaban J connectivity index is 2.12. The van der Waals surface area contributed by atoms with Crippen LogP contribution >= 0.6 is 0 Å². The van der Waals surface area contributed by atoms with Crippen molar-refractivity contribution in [2.24, 2.45) is 5.92 Å². The molecule has 2 N–H and O–H groups in total. The van der Waals surface area contributed by atoms with Crippen molar-refractivity contribution in [1.29, 1.82) is 0 Å². The molecule has 1 fully saturated rings. The number of nitrogens with zero attached hydrogens (tertiary/aromatic N) is 1. The van der Waals surface area contributed by atoms with Gasteiger partial charge >= 0.3 is 0 Å². The number of hydrogen-bond donors (Lipinski definition) is 2. The van der Waals surface area contributed by atoms with E-state index >= 15 is 0 Å². The van der Waals surface area contributed by atoms with Gasteiger partial charge in [-0.3, -0.25) is 9.59 Å². The number of ether oxygens (including phenoxy) is 1. The Labute approximate surface area is 147 Å². The Morgan fingerprint density at radius 1 is 1.28 bits per heavy atom. The van der Waals surface area contributed by atoms with Crippen LogP contribution in [-0.4, -0.2) is 51.8 Å². The van der Waals surface area contributed by atoms with Crippen LogP contribution in [0, 0.1) is 5.92 Å². The van der Waals surface area contributed by atoms with Crippen molar-refractivity contribution < 1.29 is 22.7 Å². The molecule has 2 amide bonds. The number of amides is 2. The second-order valence-electron chi connectivity index (χ2n) is 5.92. The van der Waals surface area contributed by atoms with Crippen molar-refractivity contribution in [1.82, 2.24) is 9.62 Å². The first-order chi connectivity index (χ1) is 11.8. The van der Waals surface area contributed by atoms with Gasteiger partial charge in [-0.05, 0) is 38.0 Å². The van der Waals surface area contributed by atoms with Gasteiger partial charge in [-0.1, -0.05) is 0 Å². The topological polar surface area (TPSA) is 105 Å². The standard InChI is InChI=1S/C16H23N3O5S/c1-4-24-13-8-7-12(9-14(13)25(22,23)19(2)3)18-15(20)10-17-16(21)11-5-6-11/h7-9,11H,4-6,10H2,1-3H3,(H,17,21)(H,18,20). The van der Waals surface area contributed by atoms with E-state index in [4.69, 9.17) is 4.74 Å². The third-order valence-electron chi connectivity index (χ3n) is 3.66. The Kier molecular flexibility index (Phi) is 6.02. The molecular weight excluding hydrogens is 346 g/mol. The number of nitrogens with one attached hydrogen (secondary N) is 2. The third-order valence-corrected chi connectivity index (χ3v) is 5.49. The summed E-state index contributed by atoms with van der Waals surface area (Å²) < 4.78 is 31.3. The second-order valence-corrected chi connectivity index (χ2v) is 8.04. The van der Waals surface area contributed by atoms with Crippen molar-refractivity contribution >= 4 is 27.5 Å². The molecule has 9 heteroatoms. The summed E-state index contributed by atoms with van der Waals surface area (Å²) in [4.78, 5) is 23.5. The lowest BCUT2D eigenvalue weighted by atomic mass is 10.3. The molecule has 1 saturated carbocycles. The molecule has 0 unspecified atom stereocenters. The number of sulfonamides is 1. The van der Waals surface area contributed by atoms with Gasteiger partial charge in [0.1, 0.15) is 10.6 Å². The van der Waals surface area contributed by atoms with E-state index in [1.165, 1.54) is 26.2 Å². The first-order valence-electron chi connectivity index (χ1n) is 8.02. The highest BCUT2D eigenvalue weighted by atomic mass is 32.2. The predicted octanol–water partition coefficient (Wildman–Crippen LogP) is 0.800. The normalized spacial score (nSPS) is 14.2. The molecule has 1 aromatic rings. The van der Waals surface area contributed by atoms with E-state index in [1.807, 2.05) is 0 Å². The minimum absolute atomic E-state index is 0.0233. The van der Waals surface area contributed by atoms with Gasteiger partial charge in [0.05, 0.1) is 13.2 Å². The number of carbonyl (C=O) groups excluding carboxylic acids is 2. The molecular formula is C16H23N3O5S. The number of benzene rings is 1. The van der Waals surface area contributed by atoms with Crippen LogP contribution < -0.4 is 15.4 Å². The number of hydrogen-bond acceptors (Lipinski definition) is 5. The summed E-state index contributed by atoms with van der Waals surface area (Å²) in [6.07, 6.45) is 1.72. The Morgan fingerprint density at radius 2 is 1.96 bits per heavy atom. The van der Waals surface area contributed by atoms with E-state index in [2.05, 4.69) is 10.6 Å². The molecule has 2 rings (SSSR count). The molecule has 8 nitrogen and oxygen atoms in total. The van der Waals surface area contributed by atoms with Crippen LogP contribution in [0.25, 0.3) is 0 Å². The summed E-state index contributed by atoms with van der Waals surface area (Å²) in [5.74, 6) is -0.310. The summed E-state index contributed by atoms with van der Waals surface area (Å²) in [7, 11) is -0.889. The van der Waals surface area contributed by atoms with Crippen LogP contribution in [-0.2, 0) is 19.6 Å². The maximum absolute atomic E-state index is 12.4. The molecule has 0 bridgehead atoms. The van der Waals surface area contributed by atoms with Crippen molar-refractivity contribution in [2.45, 2.75) is 24.7 Å². The SMILES string of the molecule is CCOc1ccc(NC(=O)CNC(=O)C2CC2)cc1S(=O)(=O)N(C)C. The molecule has 1 aliphatic carbocycles. The highest BCUT2D eigenvalue weighted by molar-refractivity contribution is 7.89. The number of rotatable bonds is 8. The average Bonchev–Trinajstić information content (AvgIpc) is 3.39. The van der Waals surface area contributed by atoms with E-state index in [0.29, 0.717) is 12.3 Å². The smallest absolute Gasteiger partial charge is 0.246 e. The molecule has 0 aromatic heterocycles. The van der Waals surface area contributed by atoms with Gasteiger partial charge in [0, 0.05) is 25.7 Å². The molecule has 1 aromatic carbocycles. The molecule has 25 heavy (non-hydrogen) atoms. The fraction of sp³-hybridized carbons (Fsp3) is 0.500. The average molecular weight is 369 g/mol. The van der Waals surface area contributed by atoms with Gasteiger partial charge < -0.3 is 15.4 Å². The fourth-order valence-electron chi connectivity index (χ4n) is 2.12. The molecule has 0 radical (unpaired) electrons. The summed E-state index contributed by atoms with van der Waals surface area (Å²) in [5.41, 5.74) is 0.314. The molecule has 1 aliphatic rings. The lowest BCUT2D eigenvalue weighted by Gasteiger charge is -2.16. The van der Waals surface area contributed by atoms with Crippen LogP contribution in [0.15, 0.2) is 23.1 Å². The van der Waals surface area contributed by atoms with E-state index < -0.39 is 15.9 Å². The molecule has 0 aliphatic heterocycles. The van der Waals surface area contributed by atoms with Gasteiger partial charge in [0.25, 0.3) is 0 Å². The zero-order valence-corrected chi connectivity index (χ0v) is 15.4. The number of carbonyl (C=O) groups is 2. The maximum Gasteiger partial charge on any atom is 0.246 e. The Bertz CT molecular complexity index is 757. The zero-order valence-electron chi connectivity index (χ0n) is 14.5. The van der Waals surface area contributed by atoms with E-state index in [1.54, 1.807) is 13.0 Å². The summed E-state index contributed by atoms with van der Waals surface area (Å²) in [5, 5.41) is 5.14. The van der Waals surface area contributed by atoms with Crippen molar-refractivity contribution in [3.8, 4) is 5.75 Å². The Hall–Kier alpha value is -2.13. The Morgan fingerprint density at radius 3 is 2.52 bits per heavy atom. The monoisotopic (exact) mass is 369 g/mol. The van der Waals surface area contributed by atoms with Gasteiger partial charge in [0.2, 0.25) is 21.8 Å². The van der Waals surface area contributed by atoms with Crippen LogP contribution in [0.1, 0.15) is 19.8 Å². The fourth-order valence-corrected chi connectivity index (χ4v) is 3.17. The summed E-state index contributed by atoms with van der Waals surface area (Å²) in [6.45, 7) is 1.91. The minimum atomic E-state index is -3.73. The van der Waals surface area contributed by atoms with Gasteiger partial charge in [-0.15, -0.1) is 0 Å². The van der Waals surface area contributed by atoms with Crippen LogP contribution in [0.4, 0.5) is 5.69 Å².